The van der Waals surface area contributed by atoms with Gasteiger partial charge >= 0.3 is 0 Å². The molecule has 3 nitrogen and oxygen atoms in total. The molecule has 0 spiro atoms. The van der Waals surface area contributed by atoms with Gasteiger partial charge in [0, 0.05) is 23.4 Å². The number of rotatable bonds is 3. The third-order valence-corrected chi connectivity index (χ3v) is 5.06. The summed E-state index contributed by atoms with van der Waals surface area (Å²) in [6.07, 6.45) is 1.01. The third kappa shape index (κ3) is 2.46. The quantitative estimate of drug-likeness (QED) is 0.915. The number of nitrogens with zero attached hydrogens (tertiary/aromatic N) is 1. The zero-order valence-electron chi connectivity index (χ0n) is 12.0. The molecule has 0 radical (unpaired) electrons. The highest BCUT2D eigenvalue weighted by Crippen LogP contribution is 2.39. The normalized spacial score (nSPS) is 28.9. The van der Waals surface area contributed by atoms with Gasteiger partial charge in [0.25, 0.3) is 0 Å². The predicted octanol–water partition coefficient (Wildman–Crippen LogP) is 3.01. The highest BCUT2D eigenvalue weighted by Gasteiger charge is 2.43. The summed E-state index contributed by atoms with van der Waals surface area (Å²) in [7, 11) is 0. The molecular weight excluding hydrogens is 244 g/mol. The molecule has 0 saturated carbocycles. The van der Waals surface area contributed by atoms with Crippen molar-refractivity contribution in [2.24, 2.45) is 5.92 Å². The van der Waals surface area contributed by atoms with Crippen LogP contribution >= 0.6 is 11.3 Å². The molecule has 1 aromatic rings. The van der Waals surface area contributed by atoms with E-state index in [0.717, 1.165) is 19.6 Å². The molecule has 1 aliphatic rings. The summed E-state index contributed by atoms with van der Waals surface area (Å²) < 4.78 is 5.61. The van der Waals surface area contributed by atoms with Crippen LogP contribution in [0.2, 0.25) is 0 Å². The van der Waals surface area contributed by atoms with Crippen LogP contribution in [0.1, 0.15) is 42.8 Å². The zero-order valence-corrected chi connectivity index (χ0v) is 12.9. The Hall–Kier alpha value is -0.450. The summed E-state index contributed by atoms with van der Waals surface area (Å²) in [4.78, 5) is 6.14. The molecule has 2 heterocycles. The van der Waals surface area contributed by atoms with Gasteiger partial charge in [0.05, 0.1) is 17.8 Å². The van der Waals surface area contributed by atoms with Gasteiger partial charge in [0.2, 0.25) is 0 Å². The standard InChI is InChI=1S/C14H24N2OS/c1-9(2)16-14(6-7-17-8-10(14)3)13-15-11(4)12(5)18-13/h9-10,16H,6-8H2,1-5H3. The largest absolute Gasteiger partial charge is 0.381 e. The highest BCUT2D eigenvalue weighted by atomic mass is 32.1. The Labute approximate surface area is 114 Å². The van der Waals surface area contributed by atoms with E-state index in [4.69, 9.17) is 9.72 Å². The number of hydrogen-bond donors (Lipinski definition) is 1. The Morgan fingerprint density at radius 3 is 2.67 bits per heavy atom. The predicted molar refractivity (Wildman–Crippen MR) is 76.1 cm³/mol. The molecule has 0 aliphatic carbocycles. The first-order chi connectivity index (χ1) is 8.45. The van der Waals surface area contributed by atoms with E-state index in [-0.39, 0.29) is 5.54 Å². The van der Waals surface area contributed by atoms with E-state index in [1.54, 1.807) is 0 Å². The molecule has 18 heavy (non-hydrogen) atoms. The minimum atomic E-state index is -0.00387. The van der Waals surface area contributed by atoms with E-state index < -0.39 is 0 Å². The molecule has 1 fully saturated rings. The van der Waals surface area contributed by atoms with Crippen LogP contribution in [0, 0.1) is 19.8 Å². The van der Waals surface area contributed by atoms with E-state index in [1.165, 1.54) is 15.6 Å². The van der Waals surface area contributed by atoms with Gasteiger partial charge in [-0.05, 0) is 34.1 Å². The first-order valence-corrected chi connectivity index (χ1v) is 7.57. The van der Waals surface area contributed by atoms with E-state index in [2.05, 4.69) is 39.9 Å². The Morgan fingerprint density at radius 2 is 2.17 bits per heavy atom. The zero-order chi connectivity index (χ0) is 13.3. The van der Waals surface area contributed by atoms with Crippen LogP contribution in [0.5, 0.6) is 0 Å². The lowest BCUT2D eigenvalue weighted by atomic mass is 9.81. The Morgan fingerprint density at radius 1 is 1.44 bits per heavy atom. The van der Waals surface area contributed by atoms with Crippen LogP contribution in [0.4, 0.5) is 0 Å². The summed E-state index contributed by atoms with van der Waals surface area (Å²) in [5.41, 5.74) is 1.16. The van der Waals surface area contributed by atoms with E-state index >= 15 is 0 Å². The molecule has 2 unspecified atom stereocenters. The number of hydrogen-bond acceptors (Lipinski definition) is 4. The molecule has 0 aromatic carbocycles. The maximum Gasteiger partial charge on any atom is 0.114 e. The Bertz CT molecular complexity index is 396. The van der Waals surface area contributed by atoms with Gasteiger partial charge in [0.1, 0.15) is 5.01 Å². The SMILES string of the molecule is Cc1nc(C2(NC(C)C)CCOCC2C)sc1C. The molecule has 1 aliphatic heterocycles. The molecule has 2 rings (SSSR count). The summed E-state index contributed by atoms with van der Waals surface area (Å²) in [5, 5.41) is 5.01. The summed E-state index contributed by atoms with van der Waals surface area (Å²) in [5.74, 6) is 0.457. The van der Waals surface area contributed by atoms with Gasteiger partial charge in [-0.25, -0.2) is 4.98 Å². The van der Waals surface area contributed by atoms with Crippen molar-refractivity contribution in [1.29, 1.82) is 0 Å². The lowest BCUT2D eigenvalue weighted by molar-refractivity contribution is -0.0126. The lowest BCUT2D eigenvalue weighted by Crippen LogP contribution is -2.54. The fraction of sp³-hybridized carbons (Fsp3) is 0.786. The third-order valence-electron chi connectivity index (χ3n) is 3.81. The van der Waals surface area contributed by atoms with E-state index in [9.17, 15) is 0 Å². The minimum Gasteiger partial charge on any atom is -0.381 e. The van der Waals surface area contributed by atoms with Crippen LogP contribution < -0.4 is 5.32 Å². The second-order valence-corrected chi connectivity index (χ2v) is 6.86. The van der Waals surface area contributed by atoms with Gasteiger partial charge in [-0.15, -0.1) is 11.3 Å². The molecule has 102 valence electrons. The fourth-order valence-electron chi connectivity index (χ4n) is 2.65. The van der Waals surface area contributed by atoms with Crippen LogP contribution in [-0.4, -0.2) is 24.2 Å². The highest BCUT2D eigenvalue weighted by molar-refractivity contribution is 7.11. The van der Waals surface area contributed by atoms with Crippen molar-refractivity contribution in [2.75, 3.05) is 13.2 Å². The molecule has 0 amide bonds. The average molecular weight is 268 g/mol. The van der Waals surface area contributed by atoms with Gasteiger partial charge in [0.15, 0.2) is 0 Å². The van der Waals surface area contributed by atoms with Crippen molar-refractivity contribution in [2.45, 2.75) is 52.6 Å². The van der Waals surface area contributed by atoms with Crippen molar-refractivity contribution < 1.29 is 4.74 Å². The second kappa shape index (κ2) is 5.27. The average Bonchev–Trinajstić information content (AvgIpc) is 2.62. The van der Waals surface area contributed by atoms with Crippen molar-refractivity contribution >= 4 is 11.3 Å². The summed E-state index contributed by atoms with van der Waals surface area (Å²) >= 11 is 1.84. The number of aryl methyl sites for hydroxylation is 2. The molecule has 1 aromatic heterocycles. The number of ether oxygens (including phenoxy) is 1. The molecule has 2 atom stereocenters. The topological polar surface area (TPSA) is 34.2 Å². The number of aromatic nitrogens is 1. The monoisotopic (exact) mass is 268 g/mol. The van der Waals surface area contributed by atoms with Crippen molar-refractivity contribution in [3.8, 4) is 0 Å². The van der Waals surface area contributed by atoms with Crippen LogP contribution in [0.15, 0.2) is 0 Å². The number of nitrogens with one attached hydrogen (secondary N) is 1. The maximum atomic E-state index is 5.61. The van der Waals surface area contributed by atoms with Crippen LogP contribution in [-0.2, 0) is 10.3 Å². The Kier molecular flexibility index (Phi) is 4.09. The van der Waals surface area contributed by atoms with Gasteiger partial charge < -0.3 is 10.1 Å². The second-order valence-electron chi connectivity index (χ2n) is 5.66. The first kappa shape index (κ1) is 14.0. The van der Waals surface area contributed by atoms with E-state index in [0.29, 0.717) is 12.0 Å². The van der Waals surface area contributed by atoms with Crippen molar-refractivity contribution in [3.05, 3.63) is 15.6 Å². The van der Waals surface area contributed by atoms with Crippen molar-refractivity contribution in [3.63, 3.8) is 0 Å². The van der Waals surface area contributed by atoms with Crippen molar-refractivity contribution in [1.82, 2.24) is 10.3 Å². The van der Waals surface area contributed by atoms with Gasteiger partial charge in [-0.1, -0.05) is 6.92 Å². The molecule has 0 bridgehead atoms. The molecule has 1 N–H and O–H groups in total. The molecular formula is C14H24N2OS. The number of thiazole rings is 1. The lowest BCUT2D eigenvalue weighted by Gasteiger charge is -2.43. The molecule has 1 saturated heterocycles. The van der Waals surface area contributed by atoms with Crippen LogP contribution in [0.3, 0.4) is 0 Å². The fourth-order valence-corrected chi connectivity index (χ4v) is 3.86. The Balaban J connectivity index is 2.40. The van der Waals surface area contributed by atoms with Gasteiger partial charge in [-0.2, -0.15) is 0 Å². The van der Waals surface area contributed by atoms with E-state index in [1.807, 2.05) is 11.3 Å². The maximum absolute atomic E-state index is 5.61. The minimum absolute atomic E-state index is 0.00387. The smallest absolute Gasteiger partial charge is 0.114 e. The van der Waals surface area contributed by atoms with Crippen LogP contribution in [0.25, 0.3) is 0 Å². The molecule has 4 heteroatoms. The summed E-state index contributed by atoms with van der Waals surface area (Å²) in [6, 6.07) is 0.454. The first-order valence-electron chi connectivity index (χ1n) is 6.75. The summed E-state index contributed by atoms with van der Waals surface area (Å²) in [6.45, 7) is 12.6. The van der Waals surface area contributed by atoms with Gasteiger partial charge in [-0.3, -0.25) is 0 Å².